The molecule has 1 heterocycles. The molecule has 4 rings (SSSR count). The summed E-state index contributed by atoms with van der Waals surface area (Å²) in [6.07, 6.45) is 0. The van der Waals surface area contributed by atoms with E-state index < -0.39 is 10.0 Å². The Bertz CT molecular complexity index is 1330. The van der Waals surface area contributed by atoms with E-state index in [9.17, 15) is 12.8 Å². The van der Waals surface area contributed by atoms with Crippen molar-refractivity contribution in [3.8, 4) is 5.75 Å². The van der Waals surface area contributed by atoms with E-state index in [4.69, 9.17) is 4.74 Å². The van der Waals surface area contributed by atoms with Crippen molar-refractivity contribution < 1.29 is 17.5 Å². The van der Waals surface area contributed by atoms with Gasteiger partial charge in [-0.2, -0.15) is 0 Å². The molecule has 0 saturated carbocycles. The molecule has 0 amide bonds. The van der Waals surface area contributed by atoms with Crippen LogP contribution < -0.4 is 14.8 Å². The molecule has 3 aromatic carbocycles. The minimum atomic E-state index is -3.92. The summed E-state index contributed by atoms with van der Waals surface area (Å²) < 4.78 is 47.0. The van der Waals surface area contributed by atoms with Gasteiger partial charge in [0.25, 0.3) is 10.0 Å². The molecular weight excluding hydrogens is 431 g/mol. The summed E-state index contributed by atoms with van der Waals surface area (Å²) in [7, 11) is -3.92. The lowest BCUT2D eigenvalue weighted by atomic mass is 10.2. The Labute approximate surface area is 185 Å². The summed E-state index contributed by atoms with van der Waals surface area (Å²) in [5, 5.41) is 3.10. The van der Waals surface area contributed by atoms with Crippen molar-refractivity contribution in [1.29, 1.82) is 0 Å². The number of halogens is 1. The second-order valence-corrected chi connectivity index (χ2v) is 8.58. The number of aromatic nitrogens is 2. The highest BCUT2D eigenvalue weighted by Gasteiger charge is 2.19. The van der Waals surface area contributed by atoms with Gasteiger partial charge >= 0.3 is 0 Å². The van der Waals surface area contributed by atoms with Crippen LogP contribution in [0.2, 0.25) is 0 Å². The Kier molecular flexibility index (Phi) is 6.18. The number of hydrogen-bond acceptors (Lipinski definition) is 6. The van der Waals surface area contributed by atoms with Gasteiger partial charge in [0.1, 0.15) is 11.6 Å². The second-order valence-electron chi connectivity index (χ2n) is 6.90. The van der Waals surface area contributed by atoms with Gasteiger partial charge in [-0.3, -0.25) is 4.72 Å². The molecule has 4 aromatic rings. The van der Waals surface area contributed by atoms with Gasteiger partial charge in [0.05, 0.1) is 22.5 Å². The molecule has 1 aromatic heterocycles. The molecule has 0 aliphatic carbocycles. The Morgan fingerprint density at radius 1 is 0.875 bits per heavy atom. The highest BCUT2D eigenvalue weighted by atomic mass is 32.2. The van der Waals surface area contributed by atoms with Crippen molar-refractivity contribution in [2.45, 2.75) is 18.4 Å². The Morgan fingerprint density at radius 2 is 1.50 bits per heavy atom. The number of anilines is 2. The van der Waals surface area contributed by atoms with E-state index in [1.165, 1.54) is 24.3 Å². The first-order valence-electron chi connectivity index (χ1n) is 9.95. The molecular formula is C23H21FN4O3S. The molecule has 164 valence electrons. The number of benzene rings is 3. The highest BCUT2D eigenvalue weighted by molar-refractivity contribution is 7.92. The smallest absolute Gasteiger partial charge is 0.263 e. The summed E-state index contributed by atoms with van der Waals surface area (Å²) in [5.41, 5.74) is 1.96. The molecule has 2 N–H and O–H groups in total. The van der Waals surface area contributed by atoms with Crippen LogP contribution in [-0.2, 0) is 16.6 Å². The number of sulfonamides is 1. The zero-order chi connectivity index (χ0) is 22.6. The molecule has 0 radical (unpaired) electrons. The van der Waals surface area contributed by atoms with Crippen LogP contribution in [0.15, 0.2) is 77.7 Å². The predicted octanol–water partition coefficient (Wildman–Crippen LogP) is 4.58. The molecule has 0 bridgehead atoms. The Morgan fingerprint density at radius 3 is 2.12 bits per heavy atom. The standard InChI is InChI=1S/C23H21FN4O3S/c1-2-31-18-11-13-19(14-12-18)32(29,30)28-23-22(25-15-16-7-9-17(24)10-8-16)26-20-5-3-4-6-21(20)27-23/h3-14H,2,15H2,1H3,(H,25,26)(H,27,28). The second kappa shape index (κ2) is 9.19. The van der Waals surface area contributed by atoms with E-state index in [1.807, 2.05) is 13.0 Å². The van der Waals surface area contributed by atoms with Crippen molar-refractivity contribution in [3.05, 3.63) is 84.2 Å². The van der Waals surface area contributed by atoms with Gasteiger partial charge in [0.15, 0.2) is 11.6 Å². The number of ether oxygens (including phenoxy) is 1. The van der Waals surface area contributed by atoms with E-state index in [0.717, 1.165) is 5.56 Å². The molecule has 9 heteroatoms. The zero-order valence-corrected chi connectivity index (χ0v) is 18.1. The summed E-state index contributed by atoms with van der Waals surface area (Å²) in [4.78, 5) is 9.06. The lowest BCUT2D eigenvalue weighted by molar-refractivity contribution is 0.340. The molecule has 0 saturated heterocycles. The summed E-state index contributed by atoms with van der Waals surface area (Å²) in [6.45, 7) is 2.65. The van der Waals surface area contributed by atoms with Gasteiger partial charge in [-0.25, -0.2) is 22.8 Å². The van der Waals surface area contributed by atoms with Gasteiger partial charge < -0.3 is 10.1 Å². The number of nitrogens with one attached hydrogen (secondary N) is 2. The fraction of sp³-hybridized carbons (Fsp3) is 0.130. The van der Waals surface area contributed by atoms with Gasteiger partial charge in [-0.15, -0.1) is 0 Å². The van der Waals surface area contributed by atoms with E-state index in [2.05, 4.69) is 20.0 Å². The molecule has 0 atom stereocenters. The van der Waals surface area contributed by atoms with Crippen LogP contribution >= 0.6 is 0 Å². The van der Waals surface area contributed by atoms with Gasteiger partial charge in [0.2, 0.25) is 0 Å². The summed E-state index contributed by atoms with van der Waals surface area (Å²) >= 11 is 0. The zero-order valence-electron chi connectivity index (χ0n) is 17.2. The van der Waals surface area contributed by atoms with E-state index in [1.54, 1.807) is 42.5 Å². The number of para-hydroxylation sites is 2. The third-order valence-corrected chi connectivity index (χ3v) is 5.97. The van der Waals surface area contributed by atoms with Crippen LogP contribution in [-0.4, -0.2) is 25.0 Å². The lowest BCUT2D eigenvalue weighted by Crippen LogP contribution is -2.16. The van der Waals surface area contributed by atoms with E-state index in [-0.39, 0.29) is 22.3 Å². The average Bonchev–Trinajstić information content (AvgIpc) is 2.79. The highest BCUT2D eigenvalue weighted by Crippen LogP contribution is 2.25. The normalized spacial score (nSPS) is 11.3. The number of rotatable bonds is 8. The predicted molar refractivity (Wildman–Crippen MR) is 122 cm³/mol. The molecule has 0 fully saturated rings. The van der Waals surface area contributed by atoms with Gasteiger partial charge in [-0.1, -0.05) is 24.3 Å². The molecule has 0 unspecified atom stereocenters. The first-order chi connectivity index (χ1) is 15.4. The SMILES string of the molecule is CCOc1ccc(S(=O)(=O)Nc2nc3ccccc3nc2NCc2ccc(F)cc2)cc1. The van der Waals surface area contributed by atoms with E-state index in [0.29, 0.717) is 29.9 Å². The van der Waals surface area contributed by atoms with Crippen molar-refractivity contribution in [2.75, 3.05) is 16.6 Å². The molecule has 32 heavy (non-hydrogen) atoms. The molecule has 7 nitrogen and oxygen atoms in total. The van der Waals surface area contributed by atoms with E-state index >= 15 is 0 Å². The first-order valence-corrected chi connectivity index (χ1v) is 11.4. The van der Waals surface area contributed by atoms with Crippen molar-refractivity contribution >= 4 is 32.7 Å². The fourth-order valence-corrected chi connectivity index (χ4v) is 4.06. The van der Waals surface area contributed by atoms with Crippen LogP contribution in [0.3, 0.4) is 0 Å². The lowest BCUT2D eigenvalue weighted by Gasteiger charge is -2.14. The molecule has 0 spiro atoms. The summed E-state index contributed by atoms with van der Waals surface area (Å²) in [5.74, 6) is 0.587. The maximum atomic E-state index is 13.2. The number of hydrogen-bond donors (Lipinski definition) is 2. The van der Waals surface area contributed by atoms with Crippen LogP contribution in [0.4, 0.5) is 16.0 Å². The van der Waals surface area contributed by atoms with Crippen LogP contribution in [0.5, 0.6) is 5.75 Å². The van der Waals surface area contributed by atoms with Crippen molar-refractivity contribution in [1.82, 2.24) is 9.97 Å². The van der Waals surface area contributed by atoms with Crippen LogP contribution in [0.25, 0.3) is 11.0 Å². The monoisotopic (exact) mass is 452 g/mol. The van der Waals surface area contributed by atoms with Gasteiger partial charge in [-0.05, 0) is 61.0 Å². The van der Waals surface area contributed by atoms with Crippen molar-refractivity contribution in [2.24, 2.45) is 0 Å². The molecule has 0 aliphatic rings. The average molecular weight is 453 g/mol. The maximum absolute atomic E-state index is 13.2. The van der Waals surface area contributed by atoms with Crippen molar-refractivity contribution in [3.63, 3.8) is 0 Å². The largest absolute Gasteiger partial charge is 0.494 e. The minimum absolute atomic E-state index is 0.0692. The quantitative estimate of drug-likeness (QED) is 0.407. The summed E-state index contributed by atoms with van der Waals surface area (Å²) in [6, 6.07) is 19.3. The topological polar surface area (TPSA) is 93.2 Å². The molecule has 0 aliphatic heterocycles. The third kappa shape index (κ3) is 4.94. The Hall–Kier alpha value is -3.72. The Balaban J connectivity index is 1.65. The first kappa shape index (κ1) is 21.5. The van der Waals surface area contributed by atoms with Crippen LogP contribution in [0, 0.1) is 5.82 Å². The minimum Gasteiger partial charge on any atom is -0.494 e. The van der Waals surface area contributed by atoms with Gasteiger partial charge in [0, 0.05) is 6.54 Å². The third-order valence-electron chi connectivity index (χ3n) is 4.62. The maximum Gasteiger partial charge on any atom is 0.263 e. The van der Waals surface area contributed by atoms with Crippen LogP contribution in [0.1, 0.15) is 12.5 Å². The number of nitrogens with zero attached hydrogens (tertiary/aromatic N) is 2. The fourth-order valence-electron chi connectivity index (χ4n) is 3.05. The number of fused-ring (bicyclic) bond motifs is 1.